The number of piperazine rings is 1. The molecule has 0 aliphatic carbocycles. The molecular weight excluding hydrogens is 198 g/mol. The SMILES string of the molecule is Cc1cc2c(nc1C)N1C(CNC[C@H]1C)C2. The third-order valence-electron chi connectivity index (χ3n) is 3.91. The van der Waals surface area contributed by atoms with E-state index in [0.29, 0.717) is 12.1 Å². The van der Waals surface area contributed by atoms with Crippen LogP contribution in [0.4, 0.5) is 5.82 Å². The number of nitrogens with zero attached hydrogens (tertiary/aromatic N) is 2. The lowest BCUT2D eigenvalue weighted by Gasteiger charge is -2.37. The quantitative estimate of drug-likeness (QED) is 0.712. The summed E-state index contributed by atoms with van der Waals surface area (Å²) in [6.07, 6.45) is 1.15. The van der Waals surface area contributed by atoms with Gasteiger partial charge in [-0.05, 0) is 38.3 Å². The molecule has 3 heterocycles. The van der Waals surface area contributed by atoms with Crippen LogP contribution in [-0.4, -0.2) is 30.2 Å². The van der Waals surface area contributed by atoms with Crippen LogP contribution in [-0.2, 0) is 6.42 Å². The molecule has 3 heteroatoms. The van der Waals surface area contributed by atoms with Crippen molar-refractivity contribution in [3.63, 3.8) is 0 Å². The van der Waals surface area contributed by atoms with E-state index in [-0.39, 0.29) is 0 Å². The van der Waals surface area contributed by atoms with Gasteiger partial charge in [0, 0.05) is 30.9 Å². The van der Waals surface area contributed by atoms with Crippen LogP contribution in [0, 0.1) is 13.8 Å². The molecule has 1 N–H and O–H groups in total. The minimum atomic E-state index is 0.564. The molecule has 0 aromatic carbocycles. The lowest BCUT2D eigenvalue weighted by molar-refractivity contribution is 0.427. The van der Waals surface area contributed by atoms with E-state index < -0.39 is 0 Å². The number of hydrogen-bond acceptors (Lipinski definition) is 3. The zero-order valence-corrected chi connectivity index (χ0v) is 10.2. The van der Waals surface area contributed by atoms with Crippen LogP contribution in [0.25, 0.3) is 0 Å². The second kappa shape index (κ2) is 3.45. The van der Waals surface area contributed by atoms with E-state index in [4.69, 9.17) is 4.98 Å². The van der Waals surface area contributed by atoms with E-state index in [1.807, 2.05) is 0 Å². The van der Waals surface area contributed by atoms with Crippen molar-refractivity contribution in [1.29, 1.82) is 0 Å². The Balaban J connectivity index is 2.06. The Labute approximate surface area is 96.9 Å². The fourth-order valence-electron chi connectivity index (χ4n) is 2.94. The topological polar surface area (TPSA) is 28.2 Å². The van der Waals surface area contributed by atoms with Crippen molar-refractivity contribution in [2.24, 2.45) is 0 Å². The highest BCUT2D eigenvalue weighted by atomic mass is 15.3. The third-order valence-corrected chi connectivity index (χ3v) is 3.91. The maximum absolute atomic E-state index is 4.79. The minimum absolute atomic E-state index is 0.564. The van der Waals surface area contributed by atoms with Crippen molar-refractivity contribution in [2.45, 2.75) is 39.3 Å². The number of fused-ring (bicyclic) bond motifs is 3. The van der Waals surface area contributed by atoms with Gasteiger partial charge < -0.3 is 10.2 Å². The van der Waals surface area contributed by atoms with E-state index in [2.05, 4.69) is 37.1 Å². The number of aryl methyl sites for hydroxylation is 2. The molecular formula is C13H19N3. The molecule has 0 radical (unpaired) electrons. The molecule has 1 aromatic heterocycles. The van der Waals surface area contributed by atoms with Gasteiger partial charge >= 0.3 is 0 Å². The summed E-state index contributed by atoms with van der Waals surface area (Å²) in [6.45, 7) is 8.71. The average molecular weight is 217 g/mol. The first-order valence-corrected chi connectivity index (χ1v) is 6.13. The first-order chi connectivity index (χ1) is 7.66. The van der Waals surface area contributed by atoms with Gasteiger partial charge in [0.05, 0.1) is 0 Å². The van der Waals surface area contributed by atoms with E-state index in [9.17, 15) is 0 Å². The maximum atomic E-state index is 4.79. The number of anilines is 1. The third kappa shape index (κ3) is 1.34. The number of hydrogen-bond donors (Lipinski definition) is 1. The molecule has 1 aromatic rings. The number of nitrogens with one attached hydrogen (secondary N) is 1. The zero-order chi connectivity index (χ0) is 11.3. The molecule has 0 amide bonds. The summed E-state index contributed by atoms with van der Waals surface area (Å²) in [6, 6.07) is 3.50. The Kier molecular flexibility index (Phi) is 2.18. The summed E-state index contributed by atoms with van der Waals surface area (Å²) in [5.41, 5.74) is 3.92. The standard InChI is InChI=1S/C13H19N3/c1-8-4-11-5-12-7-14-6-9(2)16(12)13(11)15-10(8)3/h4,9,12,14H,5-7H2,1-3H3/t9-,12?/m1/s1. The van der Waals surface area contributed by atoms with Gasteiger partial charge in [-0.1, -0.05) is 6.07 Å². The van der Waals surface area contributed by atoms with Gasteiger partial charge in [-0.2, -0.15) is 0 Å². The lowest BCUT2D eigenvalue weighted by Crippen LogP contribution is -2.55. The van der Waals surface area contributed by atoms with Gasteiger partial charge in [0.25, 0.3) is 0 Å². The second-order valence-electron chi connectivity index (χ2n) is 5.15. The molecule has 2 aliphatic heterocycles. The van der Waals surface area contributed by atoms with Crippen LogP contribution >= 0.6 is 0 Å². The minimum Gasteiger partial charge on any atom is -0.348 e. The first-order valence-electron chi connectivity index (χ1n) is 6.13. The smallest absolute Gasteiger partial charge is 0.132 e. The van der Waals surface area contributed by atoms with Gasteiger partial charge in [0.2, 0.25) is 0 Å². The van der Waals surface area contributed by atoms with Gasteiger partial charge in [0.1, 0.15) is 5.82 Å². The van der Waals surface area contributed by atoms with E-state index in [1.54, 1.807) is 0 Å². The van der Waals surface area contributed by atoms with Crippen LogP contribution < -0.4 is 10.2 Å². The van der Waals surface area contributed by atoms with Crippen LogP contribution in [0.15, 0.2) is 6.07 Å². The molecule has 86 valence electrons. The highest BCUT2D eigenvalue weighted by molar-refractivity contribution is 5.57. The molecule has 16 heavy (non-hydrogen) atoms. The van der Waals surface area contributed by atoms with Crippen molar-refractivity contribution in [3.05, 3.63) is 22.9 Å². The summed E-state index contributed by atoms with van der Waals surface area (Å²) < 4.78 is 0. The van der Waals surface area contributed by atoms with Crippen LogP contribution in [0.1, 0.15) is 23.7 Å². The number of pyridine rings is 1. The monoisotopic (exact) mass is 217 g/mol. The Morgan fingerprint density at radius 3 is 3.00 bits per heavy atom. The summed E-state index contributed by atoms with van der Waals surface area (Å²) in [5, 5.41) is 3.50. The fraction of sp³-hybridized carbons (Fsp3) is 0.615. The first kappa shape index (κ1) is 10.1. The Hall–Kier alpha value is -1.09. The molecule has 2 atom stereocenters. The van der Waals surface area contributed by atoms with E-state index >= 15 is 0 Å². The number of rotatable bonds is 0. The molecule has 1 unspecified atom stereocenters. The summed E-state index contributed by atoms with van der Waals surface area (Å²) in [4.78, 5) is 7.30. The highest BCUT2D eigenvalue weighted by Crippen LogP contribution is 2.34. The number of aromatic nitrogens is 1. The molecule has 0 bridgehead atoms. The van der Waals surface area contributed by atoms with Gasteiger partial charge in [-0.3, -0.25) is 0 Å². The molecule has 3 nitrogen and oxygen atoms in total. The molecule has 3 rings (SSSR count). The Bertz CT molecular complexity index is 427. The normalized spacial score (nSPS) is 27.8. The predicted octanol–water partition coefficient (Wildman–Crippen LogP) is 1.42. The van der Waals surface area contributed by atoms with Crippen molar-refractivity contribution in [3.8, 4) is 0 Å². The molecule has 1 saturated heterocycles. The van der Waals surface area contributed by atoms with Crippen LogP contribution in [0.5, 0.6) is 0 Å². The van der Waals surface area contributed by atoms with Crippen molar-refractivity contribution in [1.82, 2.24) is 10.3 Å². The van der Waals surface area contributed by atoms with Gasteiger partial charge in [-0.25, -0.2) is 4.98 Å². The van der Waals surface area contributed by atoms with E-state index in [1.165, 1.54) is 22.6 Å². The second-order valence-corrected chi connectivity index (χ2v) is 5.15. The van der Waals surface area contributed by atoms with Crippen molar-refractivity contribution in [2.75, 3.05) is 18.0 Å². The van der Waals surface area contributed by atoms with Crippen molar-refractivity contribution >= 4 is 5.82 Å². The molecule has 0 saturated carbocycles. The molecule has 0 spiro atoms. The van der Waals surface area contributed by atoms with Crippen LogP contribution in [0.2, 0.25) is 0 Å². The zero-order valence-electron chi connectivity index (χ0n) is 10.2. The van der Waals surface area contributed by atoms with E-state index in [0.717, 1.165) is 19.5 Å². The predicted molar refractivity (Wildman–Crippen MR) is 66.0 cm³/mol. The maximum Gasteiger partial charge on any atom is 0.132 e. The largest absolute Gasteiger partial charge is 0.348 e. The molecule has 2 aliphatic rings. The lowest BCUT2D eigenvalue weighted by atomic mass is 10.1. The Morgan fingerprint density at radius 2 is 2.19 bits per heavy atom. The fourth-order valence-corrected chi connectivity index (χ4v) is 2.94. The van der Waals surface area contributed by atoms with Crippen LogP contribution in [0.3, 0.4) is 0 Å². The summed E-state index contributed by atoms with van der Waals surface area (Å²) >= 11 is 0. The van der Waals surface area contributed by atoms with Gasteiger partial charge in [-0.15, -0.1) is 0 Å². The molecule has 1 fully saturated rings. The van der Waals surface area contributed by atoms with Gasteiger partial charge in [0.15, 0.2) is 0 Å². The summed E-state index contributed by atoms with van der Waals surface area (Å²) in [5.74, 6) is 1.24. The Morgan fingerprint density at radius 1 is 1.38 bits per heavy atom. The average Bonchev–Trinajstić information content (AvgIpc) is 2.58. The highest BCUT2D eigenvalue weighted by Gasteiger charge is 2.36. The summed E-state index contributed by atoms with van der Waals surface area (Å²) in [7, 11) is 0. The van der Waals surface area contributed by atoms with Crippen molar-refractivity contribution < 1.29 is 0 Å².